The fourth-order valence-electron chi connectivity index (χ4n) is 1.95. The highest BCUT2D eigenvalue weighted by molar-refractivity contribution is 5.85. The quantitative estimate of drug-likeness (QED) is 0.880. The fourth-order valence-corrected chi connectivity index (χ4v) is 1.95. The second-order valence-corrected chi connectivity index (χ2v) is 4.99. The van der Waals surface area contributed by atoms with Crippen LogP contribution in [-0.4, -0.2) is 9.78 Å². The lowest BCUT2D eigenvalue weighted by atomic mass is 10.2. The van der Waals surface area contributed by atoms with E-state index in [1.807, 2.05) is 12.3 Å². The second-order valence-electron chi connectivity index (χ2n) is 4.99. The minimum Gasteiger partial charge on any atom is -0.307 e. The molecule has 19 heavy (non-hydrogen) atoms. The van der Waals surface area contributed by atoms with E-state index in [0.29, 0.717) is 5.92 Å². The Labute approximate surface area is 121 Å². The maximum atomic E-state index is 4.36. The lowest BCUT2D eigenvalue weighted by molar-refractivity contribution is 0.461. The van der Waals surface area contributed by atoms with E-state index in [4.69, 9.17) is 0 Å². The minimum atomic E-state index is 0. The second kappa shape index (κ2) is 7.97. The third-order valence-electron chi connectivity index (χ3n) is 2.82. The van der Waals surface area contributed by atoms with Crippen molar-refractivity contribution in [1.82, 2.24) is 15.1 Å². The molecule has 0 radical (unpaired) electrons. The van der Waals surface area contributed by atoms with Crippen LogP contribution in [0.25, 0.3) is 0 Å². The molecule has 3 nitrogen and oxygen atoms in total. The Balaban J connectivity index is 0.00000180. The number of hydrogen-bond acceptors (Lipinski definition) is 2. The molecular weight excluding hydrogens is 258 g/mol. The van der Waals surface area contributed by atoms with E-state index in [1.54, 1.807) is 0 Å². The van der Waals surface area contributed by atoms with Gasteiger partial charge in [0.2, 0.25) is 0 Å². The van der Waals surface area contributed by atoms with Crippen molar-refractivity contribution in [2.75, 3.05) is 0 Å². The Morgan fingerprint density at radius 2 is 1.84 bits per heavy atom. The summed E-state index contributed by atoms with van der Waals surface area (Å²) in [6, 6.07) is 12.5. The molecule has 1 heterocycles. The van der Waals surface area contributed by atoms with E-state index in [2.05, 4.69) is 59.3 Å². The van der Waals surface area contributed by atoms with Crippen molar-refractivity contribution in [2.45, 2.75) is 33.5 Å². The van der Waals surface area contributed by atoms with Crippen molar-refractivity contribution in [3.8, 4) is 0 Å². The third-order valence-corrected chi connectivity index (χ3v) is 2.82. The van der Waals surface area contributed by atoms with Crippen molar-refractivity contribution >= 4 is 12.4 Å². The summed E-state index contributed by atoms with van der Waals surface area (Å²) in [6.07, 6.45) is 1.88. The molecule has 0 saturated heterocycles. The molecule has 2 rings (SSSR count). The number of benzene rings is 1. The Kier molecular flexibility index (Phi) is 6.60. The van der Waals surface area contributed by atoms with Crippen molar-refractivity contribution in [2.24, 2.45) is 5.92 Å². The lowest BCUT2D eigenvalue weighted by Gasteiger charge is -2.10. The van der Waals surface area contributed by atoms with Crippen LogP contribution in [0.4, 0.5) is 0 Å². The highest BCUT2D eigenvalue weighted by Crippen LogP contribution is 2.04. The molecule has 1 N–H and O–H groups in total. The average molecular weight is 280 g/mol. The molecule has 0 spiro atoms. The number of halogens is 1. The van der Waals surface area contributed by atoms with Gasteiger partial charge in [0.25, 0.3) is 0 Å². The van der Waals surface area contributed by atoms with E-state index in [9.17, 15) is 0 Å². The monoisotopic (exact) mass is 279 g/mol. The Morgan fingerprint density at radius 1 is 1.11 bits per heavy atom. The van der Waals surface area contributed by atoms with Gasteiger partial charge in [-0.05, 0) is 17.5 Å². The maximum Gasteiger partial charge on any atom is 0.0522 e. The largest absolute Gasteiger partial charge is 0.307 e. The summed E-state index contributed by atoms with van der Waals surface area (Å²) >= 11 is 0. The molecular formula is C15H22ClN3. The Bertz CT molecular complexity index is 465. The number of nitrogens with zero attached hydrogens (tertiary/aromatic N) is 2. The van der Waals surface area contributed by atoms with E-state index in [1.165, 1.54) is 11.3 Å². The highest BCUT2D eigenvalue weighted by atomic mass is 35.5. The summed E-state index contributed by atoms with van der Waals surface area (Å²) in [5.74, 6) is 0.623. The predicted molar refractivity (Wildman–Crippen MR) is 81.3 cm³/mol. The molecule has 0 aliphatic rings. The molecule has 0 bridgehead atoms. The van der Waals surface area contributed by atoms with Gasteiger partial charge in [0.05, 0.1) is 5.69 Å². The van der Waals surface area contributed by atoms with Crippen molar-refractivity contribution in [3.05, 3.63) is 53.9 Å². The van der Waals surface area contributed by atoms with Gasteiger partial charge in [0.1, 0.15) is 0 Å². The number of aromatic nitrogens is 2. The van der Waals surface area contributed by atoms with Crippen LogP contribution >= 0.6 is 12.4 Å². The highest BCUT2D eigenvalue weighted by Gasteiger charge is 2.03. The van der Waals surface area contributed by atoms with Crippen LogP contribution in [0.3, 0.4) is 0 Å². The SMILES string of the molecule is CC(C)Cn1nccc1CNCc1ccccc1.Cl. The van der Waals surface area contributed by atoms with Crippen LogP contribution in [0.1, 0.15) is 25.1 Å². The molecule has 0 aliphatic carbocycles. The van der Waals surface area contributed by atoms with Crippen molar-refractivity contribution in [3.63, 3.8) is 0 Å². The molecule has 0 amide bonds. The molecule has 2 aromatic rings. The summed E-state index contributed by atoms with van der Waals surface area (Å²) in [5.41, 5.74) is 2.56. The minimum absolute atomic E-state index is 0. The van der Waals surface area contributed by atoms with Crippen LogP contribution in [0.2, 0.25) is 0 Å². The van der Waals surface area contributed by atoms with E-state index in [-0.39, 0.29) is 12.4 Å². The first-order valence-electron chi connectivity index (χ1n) is 6.51. The maximum absolute atomic E-state index is 4.36. The Morgan fingerprint density at radius 3 is 2.53 bits per heavy atom. The van der Waals surface area contributed by atoms with Crippen LogP contribution in [0.15, 0.2) is 42.6 Å². The van der Waals surface area contributed by atoms with Gasteiger partial charge in [-0.3, -0.25) is 4.68 Å². The lowest BCUT2D eigenvalue weighted by Crippen LogP contribution is -2.17. The molecule has 104 valence electrons. The zero-order valence-electron chi connectivity index (χ0n) is 11.5. The summed E-state index contributed by atoms with van der Waals surface area (Å²) < 4.78 is 2.09. The smallest absolute Gasteiger partial charge is 0.0522 e. The summed E-state index contributed by atoms with van der Waals surface area (Å²) in [5, 5.41) is 7.82. The zero-order valence-corrected chi connectivity index (χ0v) is 12.4. The van der Waals surface area contributed by atoms with Gasteiger partial charge in [0.15, 0.2) is 0 Å². The van der Waals surface area contributed by atoms with Crippen LogP contribution in [-0.2, 0) is 19.6 Å². The molecule has 0 fully saturated rings. The van der Waals surface area contributed by atoms with Gasteiger partial charge in [-0.2, -0.15) is 5.10 Å². The summed E-state index contributed by atoms with van der Waals surface area (Å²) in [4.78, 5) is 0. The standard InChI is InChI=1S/C15H21N3.ClH/c1-13(2)12-18-15(8-9-17-18)11-16-10-14-6-4-3-5-7-14;/h3-9,13,16H,10-12H2,1-2H3;1H. The molecule has 1 aromatic heterocycles. The van der Waals surface area contributed by atoms with Crippen LogP contribution < -0.4 is 5.32 Å². The molecule has 0 unspecified atom stereocenters. The van der Waals surface area contributed by atoms with E-state index >= 15 is 0 Å². The topological polar surface area (TPSA) is 29.9 Å². The zero-order chi connectivity index (χ0) is 12.8. The van der Waals surface area contributed by atoms with Gasteiger partial charge in [-0.15, -0.1) is 12.4 Å². The predicted octanol–water partition coefficient (Wildman–Crippen LogP) is 3.25. The molecule has 0 atom stereocenters. The molecule has 4 heteroatoms. The number of hydrogen-bond donors (Lipinski definition) is 1. The number of nitrogens with one attached hydrogen (secondary N) is 1. The van der Waals surface area contributed by atoms with Crippen molar-refractivity contribution in [1.29, 1.82) is 0 Å². The third kappa shape index (κ3) is 5.05. The first-order valence-corrected chi connectivity index (χ1v) is 6.51. The van der Waals surface area contributed by atoms with Crippen LogP contribution in [0.5, 0.6) is 0 Å². The van der Waals surface area contributed by atoms with Crippen molar-refractivity contribution < 1.29 is 0 Å². The average Bonchev–Trinajstić information content (AvgIpc) is 2.77. The van der Waals surface area contributed by atoms with Gasteiger partial charge >= 0.3 is 0 Å². The molecule has 1 aromatic carbocycles. The van der Waals surface area contributed by atoms with Crippen LogP contribution in [0, 0.1) is 5.92 Å². The van der Waals surface area contributed by atoms with E-state index in [0.717, 1.165) is 19.6 Å². The normalized spacial score (nSPS) is 10.5. The van der Waals surface area contributed by atoms with Gasteiger partial charge in [-0.1, -0.05) is 44.2 Å². The number of rotatable bonds is 6. The molecule has 0 saturated carbocycles. The fraction of sp³-hybridized carbons (Fsp3) is 0.400. The summed E-state index contributed by atoms with van der Waals surface area (Å²) in [7, 11) is 0. The summed E-state index contributed by atoms with van der Waals surface area (Å²) in [6.45, 7) is 7.16. The van der Waals surface area contributed by atoms with E-state index < -0.39 is 0 Å². The Hall–Kier alpha value is -1.32. The van der Waals surface area contributed by atoms with Gasteiger partial charge in [-0.25, -0.2) is 0 Å². The molecule has 0 aliphatic heterocycles. The van der Waals surface area contributed by atoms with Gasteiger partial charge in [0, 0.05) is 25.8 Å². The first kappa shape index (κ1) is 15.7. The first-order chi connectivity index (χ1) is 8.75. The van der Waals surface area contributed by atoms with Gasteiger partial charge < -0.3 is 5.32 Å².